The molecular weight excluding hydrogens is 461 g/mol. The Bertz CT molecular complexity index is 1070. The maximum atomic E-state index is 12.6. The molecule has 0 unspecified atom stereocenters. The number of aromatic amines is 1. The van der Waals surface area contributed by atoms with Gasteiger partial charge in [-0.15, -0.1) is 0 Å². The lowest BCUT2D eigenvalue weighted by Gasteiger charge is -2.32. The topological polar surface area (TPSA) is 68.9 Å². The molecule has 1 aliphatic rings. The molecule has 0 aliphatic carbocycles. The van der Waals surface area contributed by atoms with Gasteiger partial charge in [-0.05, 0) is 106 Å². The second kappa shape index (κ2) is 13.2. The zero-order chi connectivity index (χ0) is 27.0. The molecule has 0 radical (unpaired) electrons. The number of likely N-dealkylation sites (tertiary alicyclic amines) is 1. The molecule has 200 valence electrons. The van der Waals surface area contributed by atoms with Gasteiger partial charge in [-0.2, -0.15) is 13.2 Å². The highest BCUT2D eigenvalue weighted by atomic mass is 19.4. The van der Waals surface area contributed by atoms with Gasteiger partial charge in [0.05, 0.1) is 6.42 Å². The van der Waals surface area contributed by atoms with Crippen molar-refractivity contribution in [2.75, 3.05) is 26.7 Å². The lowest BCUT2D eigenvalue weighted by atomic mass is 9.87. The van der Waals surface area contributed by atoms with Crippen LogP contribution in [-0.2, 0) is 0 Å². The number of aromatic nitrogens is 1. The molecule has 1 aromatic carbocycles. The van der Waals surface area contributed by atoms with Crippen molar-refractivity contribution in [3.63, 3.8) is 0 Å². The summed E-state index contributed by atoms with van der Waals surface area (Å²) in [5.41, 5.74) is 12.0. The molecule has 7 heteroatoms. The van der Waals surface area contributed by atoms with Crippen LogP contribution in [0.1, 0.15) is 89.0 Å². The van der Waals surface area contributed by atoms with Crippen LogP contribution in [0.4, 0.5) is 13.2 Å². The van der Waals surface area contributed by atoms with Crippen molar-refractivity contribution in [1.82, 2.24) is 9.88 Å². The van der Waals surface area contributed by atoms with Gasteiger partial charge in [0.15, 0.2) is 0 Å². The Morgan fingerprint density at radius 1 is 1.22 bits per heavy atom. The third kappa shape index (κ3) is 7.56. The standard InChI is InChI=1S/C28H38F3N3.CH5N/c1-6-20(16-19(5)24(32)7-2)27-26(18(3)4)23-17-22(8-9-25(23)33-27)21-10-13-34(14-11-21)15-12-28(29,30)31;1-2/h6,8-9,16-18,21,32-33H,7,10-15H2,1-5H3;2H2,1H3/b19-16-,20-6+,32-24?;. The quantitative estimate of drug-likeness (QED) is 0.254. The fourth-order valence-corrected chi connectivity index (χ4v) is 4.99. The average Bonchev–Trinajstić information content (AvgIpc) is 3.25. The molecule has 3 rings (SSSR count). The normalized spacial score (nSPS) is 16.4. The summed E-state index contributed by atoms with van der Waals surface area (Å²) in [5.74, 6) is 0.691. The molecule has 1 fully saturated rings. The summed E-state index contributed by atoms with van der Waals surface area (Å²) in [6.07, 6.45) is 1.86. The van der Waals surface area contributed by atoms with Gasteiger partial charge >= 0.3 is 6.18 Å². The lowest BCUT2D eigenvalue weighted by Crippen LogP contribution is -2.35. The Balaban J connectivity index is 0.00000222. The van der Waals surface area contributed by atoms with Gasteiger partial charge in [0.25, 0.3) is 0 Å². The number of rotatable bonds is 8. The second-order valence-corrected chi connectivity index (χ2v) is 9.76. The second-order valence-electron chi connectivity index (χ2n) is 9.76. The number of H-pyrrole nitrogens is 1. The third-order valence-corrected chi connectivity index (χ3v) is 7.01. The molecule has 4 N–H and O–H groups in total. The number of hydrogen-bond donors (Lipinski definition) is 3. The van der Waals surface area contributed by atoms with Gasteiger partial charge in [-0.3, -0.25) is 0 Å². The molecule has 0 atom stereocenters. The van der Waals surface area contributed by atoms with Crippen molar-refractivity contribution >= 4 is 22.2 Å². The molecule has 0 bridgehead atoms. The van der Waals surface area contributed by atoms with Crippen molar-refractivity contribution < 1.29 is 13.2 Å². The summed E-state index contributed by atoms with van der Waals surface area (Å²) in [6.45, 7) is 12.0. The number of nitrogens with two attached hydrogens (primary N) is 1. The summed E-state index contributed by atoms with van der Waals surface area (Å²) >= 11 is 0. The number of piperidine rings is 1. The maximum absolute atomic E-state index is 12.6. The number of fused-ring (bicyclic) bond motifs is 1. The SMILES string of the molecule is C/C=C(\C=C(\C)C(=N)CC)c1[nH]c2ccc(C3CCN(CCC(F)(F)F)CC3)cc2c1C(C)C.CN. The number of nitrogens with one attached hydrogen (secondary N) is 2. The molecule has 4 nitrogen and oxygen atoms in total. The third-order valence-electron chi connectivity index (χ3n) is 7.01. The Morgan fingerprint density at radius 2 is 1.86 bits per heavy atom. The van der Waals surface area contributed by atoms with E-state index in [1.807, 2.05) is 25.7 Å². The Labute approximate surface area is 214 Å². The van der Waals surface area contributed by atoms with E-state index in [-0.39, 0.29) is 6.54 Å². The van der Waals surface area contributed by atoms with Gasteiger partial charge in [0.2, 0.25) is 0 Å². The highest BCUT2D eigenvalue weighted by Gasteiger charge is 2.29. The minimum absolute atomic E-state index is 0.0997. The number of halogens is 3. The molecule has 0 amide bonds. The van der Waals surface area contributed by atoms with Crippen molar-refractivity contribution in [2.45, 2.75) is 78.3 Å². The van der Waals surface area contributed by atoms with Crippen LogP contribution in [0.2, 0.25) is 0 Å². The van der Waals surface area contributed by atoms with Crippen LogP contribution >= 0.6 is 0 Å². The van der Waals surface area contributed by atoms with Gasteiger partial charge in [-0.25, -0.2) is 0 Å². The van der Waals surface area contributed by atoms with Crippen molar-refractivity contribution in [3.8, 4) is 0 Å². The van der Waals surface area contributed by atoms with Crippen molar-refractivity contribution in [2.24, 2.45) is 5.73 Å². The summed E-state index contributed by atoms with van der Waals surface area (Å²) in [6, 6.07) is 6.61. The van der Waals surface area contributed by atoms with Crippen LogP contribution in [0, 0.1) is 5.41 Å². The minimum atomic E-state index is -4.09. The highest BCUT2D eigenvalue weighted by molar-refractivity contribution is 6.00. The Morgan fingerprint density at radius 3 is 2.39 bits per heavy atom. The zero-order valence-electron chi connectivity index (χ0n) is 22.6. The molecule has 1 aromatic heterocycles. The van der Waals surface area contributed by atoms with Crippen LogP contribution in [-0.4, -0.2) is 48.5 Å². The van der Waals surface area contributed by atoms with Crippen LogP contribution in [0.3, 0.4) is 0 Å². The average molecular weight is 505 g/mol. The van der Waals surface area contributed by atoms with E-state index in [0.717, 1.165) is 35.2 Å². The van der Waals surface area contributed by atoms with E-state index in [1.54, 1.807) is 0 Å². The Hall–Kier alpha value is -2.38. The van der Waals surface area contributed by atoms with Gasteiger partial charge < -0.3 is 21.0 Å². The van der Waals surface area contributed by atoms with E-state index in [2.05, 4.69) is 54.9 Å². The molecular formula is C29H43F3N4. The van der Waals surface area contributed by atoms with E-state index in [1.165, 1.54) is 23.6 Å². The zero-order valence-corrected chi connectivity index (χ0v) is 22.6. The first-order valence-electron chi connectivity index (χ1n) is 13.0. The first kappa shape index (κ1) is 29.8. The van der Waals surface area contributed by atoms with E-state index in [9.17, 15) is 13.2 Å². The minimum Gasteiger partial charge on any atom is -0.354 e. The highest BCUT2D eigenvalue weighted by Crippen LogP contribution is 2.37. The number of hydrogen-bond acceptors (Lipinski definition) is 3. The molecule has 1 saturated heterocycles. The maximum Gasteiger partial charge on any atom is 0.390 e. The predicted octanol–water partition coefficient (Wildman–Crippen LogP) is 7.78. The van der Waals surface area contributed by atoms with Crippen molar-refractivity contribution in [1.29, 1.82) is 5.41 Å². The lowest BCUT2D eigenvalue weighted by molar-refractivity contribution is -0.138. The monoisotopic (exact) mass is 504 g/mol. The van der Waals surface area contributed by atoms with E-state index < -0.39 is 12.6 Å². The molecule has 2 heterocycles. The molecule has 0 saturated carbocycles. The first-order valence-corrected chi connectivity index (χ1v) is 13.0. The number of benzene rings is 1. The number of alkyl halides is 3. The predicted molar refractivity (Wildman–Crippen MR) is 147 cm³/mol. The molecule has 0 spiro atoms. The Kier molecular flexibility index (Phi) is 11.0. The molecule has 36 heavy (non-hydrogen) atoms. The molecule has 1 aliphatic heterocycles. The van der Waals surface area contributed by atoms with Crippen molar-refractivity contribution in [3.05, 3.63) is 52.7 Å². The smallest absolute Gasteiger partial charge is 0.354 e. The van der Waals surface area contributed by atoms with E-state index in [4.69, 9.17) is 5.41 Å². The van der Waals surface area contributed by atoms with Gasteiger partial charge in [-0.1, -0.05) is 32.9 Å². The van der Waals surface area contributed by atoms with Crippen LogP contribution in [0.5, 0.6) is 0 Å². The molecule has 2 aromatic rings. The summed E-state index contributed by atoms with van der Waals surface area (Å²) in [4.78, 5) is 5.57. The van der Waals surface area contributed by atoms with E-state index in [0.29, 0.717) is 37.1 Å². The fraction of sp³-hybridized carbons (Fsp3) is 0.552. The number of allylic oxidation sites excluding steroid dienone is 4. The van der Waals surface area contributed by atoms with Crippen LogP contribution in [0.25, 0.3) is 16.5 Å². The largest absolute Gasteiger partial charge is 0.390 e. The summed E-state index contributed by atoms with van der Waals surface area (Å²) in [5, 5.41) is 9.39. The van der Waals surface area contributed by atoms with Crippen LogP contribution < -0.4 is 5.73 Å². The van der Waals surface area contributed by atoms with E-state index >= 15 is 0 Å². The first-order chi connectivity index (χ1) is 17.0. The van der Waals surface area contributed by atoms with Gasteiger partial charge in [0, 0.05) is 28.9 Å². The summed E-state index contributed by atoms with van der Waals surface area (Å²) in [7, 11) is 1.50. The van der Waals surface area contributed by atoms with Crippen LogP contribution in [0.15, 0.2) is 35.9 Å². The fourth-order valence-electron chi connectivity index (χ4n) is 4.99. The summed E-state index contributed by atoms with van der Waals surface area (Å²) < 4.78 is 37.7. The number of nitrogens with zero attached hydrogens (tertiary/aromatic N) is 1. The van der Waals surface area contributed by atoms with Gasteiger partial charge in [0.1, 0.15) is 0 Å².